The van der Waals surface area contributed by atoms with Crippen molar-refractivity contribution in [3.05, 3.63) is 59.4 Å². The number of aryl methyl sites for hydroxylation is 1. The lowest BCUT2D eigenvalue weighted by molar-refractivity contribution is 0.0799. The van der Waals surface area contributed by atoms with Crippen molar-refractivity contribution in [1.29, 1.82) is 5.26 Å². The van der Waals surface area contributed by atoms with Gasteiger partial charge in [-0.15, -0.1) is 0 Å². The maximum Gasteiger partial charge on any atom is 0.124 e. The molecule has 1 aromatic carbocycles. The molecule has 2 heterocycles. The summed E-state index contributed by atoms with van der Waals surface area (Å²) in [6.45, 7) is 2.33. The van der Waals surface area contributed by atoms with Crippen LogP contribution in [0.4, 0.5) is 0 Å². The molecule has 2 atom stereocenters. The number of hydrogen-bond donors (Lipinski definition) is 1. The summed E-state index contributed by atoms with van der Waals surface area (Å²) < 4.78 is 5.62. The Balaban J connectivity index is 2.15. The molecule has 1 aromatic heterocycles. The van der Waals surface area contributed by atoms with Crippen LogP contribution in [0.1, 0.15) is 29.2 Å². The summed E-state index contributed by atoms with van der Waals surface area (Å²) in [5, 5.41) is 20.7. The average molecular weight is 280 g/mol. The summed E-state index contributed by atoms with van der Waals surface area (Å²) in [5.74, 6) is 0.672. The number of pyridine rings is 1. The Morgan fingerprint density at radius 1 is 1.38 bits per heavy atom. The molecule has 0 saturated heterocycles. The minimum absolute atomic E-state index is 0.418. The van der Waals surface area contributed by atoms with Crippen LogP contribution in [0.5, 0.6) is 5.75 Å². The number of hydrogen-bond acceptors (Lipinski definition) is 4. The highest BCUT2D eigenvalue weighted by molar-refractivity contribution is 5.48. The van der Waals surface area contributed by atoms with Crippen LogP contribution in [0, 0.1) is 18.3 Å². The Bertz CT molecular complexity index is 708. The van der Waals surface area contributed by atoms with Gasteiger partial charge in [-0.05, 0) is 24.6 Å². The van der Waals surface area contributed by atoms with Gasteiger partial charge in [-0.2, -0.15) is 5.26 Å². The van der Waals surface area contributed by atoms with Crippen LogP contribution in [0.25, 0.3) is 0 Å². The molecule has 21 heavy (non-hydrogen) atoms. The molecule has 0 fully saturated rings. The van der Waals surface area contributed by atoms with Gasteiger partial charge in [-0.1, -0.05) is 18.2 Å². The fourth-order valence-electron chi connectivity index (χ4n) is 2.91. The molecule has 0 aliphatic carbocycles. The van der Waals surface area contributed by atoms with E-state index in [4.69, 9.17) is 4.74 Å². The lowest BCUT2D eigenvalue weighted by Gasteiger charge is -2.37. The van der Waals surface area contributed by atoms with Gasteiger partial charge in [0.05, 0.1) is 12.7 Å². The molecular formula is C17H16N2O2. The van der Waals surface area contributed by atoms with Crippen LogP contribution < -0.4 is 4.74 Å². The average Bonchev–Trinajstić information content (AvgIpc) is 2.54. The molecule has 0 bridgehead atoms. The molecule has 0 amide bonds. The Kier molecular flexibility index (Phi) is 3.36. The van der Waals surface area contributed by atoms with E-state index < -0.39 is 11.5 Å². The molecule has 3 rings (SSSR count). The van der Waals surface area contributed by atoms with Crippen LogP contribution in [-0.4, -0.2) is 16.7 Å². The second-order valence-corrected chi connectivity index (χ2v) is 5.31. The zero-order valence-electron chi connectivity index (χ0n) is 11.8. The third-order valence-corrected chi connectivity index (χ3v) is 4.16. The normalized spacial score (nSPS) is 21.8. The minimum atomic E-state index is -0.997. The summed E-state index contributed by atoms with van der Waals surface area (Å²) in [6.07, 6.45) is 2.84. The van der Waals surface area contributed by atoms with Crippen molar-refractivity contribution in [3.8, 4) is 11.8 Å². The number of ether oxygens (including phenoxy) is 1. The molecule has 2 aromatic rings. The summed E-state index contributed by atoms with van der Waals surface area (Å²) in [7, 11) is 0. The van der Waals surface area contributed by atoms with Crippen LogP contribution in [0.3, 0.4) is 0 Å². The van der Waals surface area contributed by atoms with Crippen LogP contribution >= 0.6 is 0 Å². The zero-order chi connectivity index (χ0) is 14.9. The maximum atomic E-state index is 10.9. The monoisotopic (exact) mass is 280 g/mol. The van der Waals surface area contributed by atoms with E-state index in [0.29, 0.717) is 24.3 Å². The molecule has 1 N–H and O–H groups in total. The molecule has 106 valence electrons. The van der Waals surface area contributed by atoms with Gasteiger partial charge in [0.2, 0.25) is 0 Å². The summed E-state index contributed by atoms with van der Waals surface area (Å²) in [4.78, 5) is 4.08. The number of benzene rings is 1. The van der Waals surface area contributed by atoms with Gasteiger partial charge < -0.3 is 9.84 Å². The quantitative estimate of drug-likeness (QED) is 0.918. The molecular weight excluding hydrogens is 264 g/mol. The van der Waals surface area contributed by atoms with Gasteiger partial charge in [0, 0.05) is 29.9 Å². The third-order valence-electron chi connectivity index (χ3n) is 4.16. The van der Waals surface area contributed by atoms with E-state index in [2.05, 4.69) is 11.1 Å². The molecule has 0 radical (unpaired) electrons. The van der Waals surface area contributed by atoms with Gasteiger partial charge in [0.1, 0.15) is 17.3 Å². The van der Waals surface area contributed by atoms with Crippen molar-refractivity contribution in [1.82, 2.24) is 4.98 Å². The molecule has 1 aliphatic rings. The lowest BCUT2D eigenvalue weighted by Crippen LogP contribution is -2.38. The van der Waals surface area contributed by atoms with E-state index in [1.165, 1.54) is 0 Å². The van der Waals surface area contributed by atoms with Crippen molar-refractivity contribution in [2.75, 3.05) is 6.61 Å². The van der Waals surface area contributed by atoms with Gasteiger partial charge in [-0.25, -0.2) is 0 Å². The van der Waals surface area contributed by atoms with E-state index >= 15 is 0 Å². The van der Waals surface area contributed by atoms with E-state index in [1.54, 1.807) is 12.4 Å². The Morgan fingerprint density at radius 2 is 2.19 bits per heavy atom. The first-order valence-corrected chi connectivity index (χ1v) is 6.91. The van der Waals surface area contributed by atoms with E-state index in [1.807, 2.05) is 37.3 Å². The summed E-state index contributed by atoms with van der Waals surface area (Å²) in [6, 6.07) is 11.6. The van der Waals surface area contributed by atoms with E-state index in [0.717, 1.165) is 11.1 Å². The minimum Gasteiger partial charge on any atom is -0.493 e. The summed E-state index contributed by atoms with van der Waals surface area (Å²) in [5.41, 5.74) is 1.36. The fourth-order valence-corrected chi connectivity index (χ4v) is 2.91. The molecule has 1 aliphatic heterocycles. The number of nitriles is 1. The van der Waals surface area contributed by atoms with Crippen LogP contribution in [0.2, 0.25) is 0 Å². The van der Waals surface area contributed by atoms with Crippen molar-refractivity contribution in [3.63, 3.8) is 0 Å². The van der Waals surface area contributed by atoms with E-state index in [-0.39, 0.29) is 0 Å². The Hall–Kier alpha value is -2.38. The predicted octanol–water partition coefficient (Wildman–Crippen LogP) is 2.67. The number of para-hydroxylation sites is 1. The van der Waals surface area contributed by atoms with Crippen molar-refractivity contribution < 1.29 is 9.84 Å². The highest BCUT2D eigenvalue weighted by Crippen LogP contribution is 2.46. The first kappa shape index (κ1) is 13.6. The first-order valence-electron chi connectivity index (χ1n) is 6.91. The molecule has 0 spiro atoms. The van der Waals surface area contributed by atoms with E-state index in [9.17, 15) is 10.4 Å². The van der Waals surface area contributed by atoms with Crippen molar-refractivity contribution >= 4 is 0 Å². The lowest BCUT2D eigenvalue weighted by atomic mass is 9.70. The number of aliphatic hydroxyl groups excluding tert-OH is 1. The fraction of sp³-hybridized carbons (Fsp3) is 0.294. The van der Waals surface area contributed by atoms with Gasteiger partial charge in [0.15, 0.2) is 0 Å². The molecule has 2 unspecified atom stereocenters. The highest BCUT2D eigenvalue weighted by Gasteiger charge is 2.45. The highest BCUT2D eigenvalue weighted by atomic mass is 16.5. The van der Waals surface area contributed by atoms with Crippen LogP contribution in [0.15, 0.2) is 42.7 Å². The van der Waals surface area contributed by atoms with Crippen molar-refractivity contribution in [2.24, 2.45) is 0 Å². The molecule has 4 heteroatoms. The SMILES string of the molecule is Cc1ccncc1C(O)C1(C#N)CCOc2ccccc21. The zero-order valence-corrected chi connectivity index (χ0v) is 11.8. The maximum absolute atomic E-state index is 10.9. The Morgan fingerprint density at radius 3 is 2.95 bits per heavy atom. The molecule has 4 nitrogen and oxygen atoms in total. The largest absolute Gasteiger partial charge is 0.493 e. The van der Waals surface area contributed by atoms with Gasteiger partial charge in [0.25, 0.3) is 0 Å². The predicted molar refractivity (Wildman–Crippen MR) is 77.8 cm³/mol. The second-order valence-electron chi connectivity index (χ2n) is 5.31. The second kappa shape index (κ2) is 5.19. The number of aromatic nitrogens is 1. The summed E-state index contributed by atoms with van der Waals surface area (Å²) >= 11 is 0. The smallest absolute Gasteiger partial charge is 0.124 e. The number of nitrogens with zero attached hydrogens (tertiary/aromatic N) is 2. The van der Waals surface area contributed by atoms with Gasteiger partial charge >= 0.3 is 0 Å². The van der Waals surface area contributed by atoms with Crippen molar-refractivity contribution in [2.45, 2.75) is 24.9 Å². The number of fused-ring (bicyclic) bond motifs is 1. The first-order chi connectivity index (χ1) is 10.2. The number of aliphatic hydroxyl groups is 1. The molecule has 0 saturated carbocycles. The standard InChI is InChI=1S/C17H16N2O2/c1-12-6-8-19-10-13(12)16(20)17(11-18)7-9-21-15-5-3-2-4-14(15)17/h2-6,8,10,16,20H,7,9H2,1H3. The third kappa shape index (κ3) is 2.07. The Labute approximate surface area is 123 Å². The topological polar surface area (TPSA) is 66.1 Å². The van der Waals surface area contributed by atoms with Crippen LogP contribution in [-0.2, 0) is 5.41 Å². The number of rotatable bonds is 2. The van der Waals surface area contributed by atoms with Gasteiger partial charge in [-0.3, -0.25) is 4.98 Å².